The van der Waals surface area contributed by atoms with Crippen molar-refractivity contribution >= 4 is 29.5 Å². The van der Waals surface area contributed by atoms with Gasteiger partial charge in [-0.3, -0.25) is 4.79 Å². The maximum atomic E-state index is 13.0. The second kappa shape index (κ2) is 5.76. The minimum Gasteiger partial charge on any atom is -0.469 e. The van der Waals surface area contributed by atoms with Gasteiger partial charge in [-0.2, -0.15) is 13.2 Å². The molecule has 2 unspecified atom stereocenters. The highest BCUT2D eigenvalue weighted by Crippen LogP contribution is 2.57. The summed E-state index contributed by atoms with van der Waals surface area (Å²) in [7, 11) is 1.24. The Morgan fingerprint density at radius 1 is 1.26 bits per heavy atom. The van der Waals surface area contributed by atoms with Gasteiger partial charge in [-0.05, 0) is 37.2 Å². The first-order chi connectivity index (χ1) is 8.86. The fourth-order valence-corrected chi connectivity index (χ4v) is 6.41. The van der Waals surface area contributed by atoms with Gasteiger partial charge in [0.25, 0.3) is 0 Å². The normalized spacial score (nSPS) is 31.2. The molecule has 2 fully saturated rings. The lowest BCUT2D eigenvalue weighted by Gasteiger charge is -2.45. The molecule has 1 aliphatic heterocycles. The highest BCUT2D eigenvalue weighted by Gasteiger charge is 2.53. The van der Waals surface area contributed by atoms with Gasteiger partial charge in [0.1, 0.15) is 0 Å². The summed E-state index contributed by atoms with van der Waals surface area (Å²) < 4.78 is 43.4. The summed E-state index contributed by atoms with van der Waals surface area (Å²) in [5.74, 6) is -0.747. The molecule has 2 atom stereocenters. The van der Waals surface area contributed by atoms with Crippen LogP contribution in [0.3, 0.4) is 0 Å². The van der Waals surface area contributed by atoms with Crippen LogP contribution in [0.2, 0.25) is 0 Å². The van der Waals surface area contributed by atoms with E-state index in [-0.39, 0.29) is 12.8 Å². The molecule has 2 rings (SSSR count). The molecule has 1 saturated carbocycles. The highest BCUT2D eigenvalue weighted by molar-refractivity contribution is 8.18. The molecule has 1 saturated heterocycles. The van der Waals surface area contributed by atoms with Crippen LogP contribution in [-0.2, 0) is 9.53 Å². The summed E-state index contributed by atoms with van der Waals surface area (Å²) in [6, 6.07) is 0. The zero-order chi connectivity index (χ0) is 14.1. The Morgan fingerprint density at radius 3 is 2.42 bits per heavy atom. The fourth-order valence-electron chi connectivity index (χ4n) is 2.79. The van der Waals surface area contributed by atoms with Crippen molar-refractivity contribution in [3.8, 4) is 0 Å². The lowest BCUT2D eigenvalue weighted by atomic mass is 9.80. The molecule has 0 aromatic rings. The molecule has 0 aromatic carbocycles. The summed E-state index contributed by atoms with van der Waals surface area (Å²) >= 11 is 3.19. The number of thioether (sulfide) groups is 2. The van der Waals surface area contributed by atoms with Crippen molar-refractivity contribution < 1.29 is 22.7 Å². The van der Waals surface area contributed by atoms with E-state index < -0.39 is 28.1 Å². The fraction of sp³-hybridized carbons (Fsp3) is 0.917. The minimum atomic E-state index is -4.22. The van der Waals surface area contributed by atoms with Crippen molar-refractivity contribution in [2.24, 2.45) is 11.8 Å². The van der Waals surface area contributed by atoms with Crippen LogP contribution in [-0.4, -0.2) is 34.8 Å². The molecule has 2 nitrogen and oxygen atoms in total. The Labute approximate surface area is 119 Å². The highest BCUT2D eigenvalue weighted by atomic mass is 32.2. The van der Waals surface area contributed by atoms with E-state index in [0.717, 1.165) is 17.9 Å². The molecular formula is C12H17F3O2S2. The number of carbonyl (C=O) groups excluding carboxylic acids is 1. The molecule has 0 N–H and O–H groups in total. The van der Waals surface area contributed by atoms with Crippen molar-refractivity contribution in [1.82, 2.24) is 0 Å². The van der Waals surface area contributed by atoms with Crippen LogP contribution in [0.1, 0.15) is 25.7 Å². The molecule has 2 aliphatic rings. The van der Waals surface area contributed by atoms with E-state index in [9.17, 15) is 18.0 Å². The van der Waals surface area contributed by atoms with E-state index in [1.54, 1.807) is 23.5 Å². The molecular weight excluding hydrogens is 297 g/mol. The zero-order valence-electron chi connectivity index (χ0n) is 10.7. The lowest BCUT2D eigenvalue weighted by molar-refractivity contribution is -0.188. The molecule has 1 aliphatic carbocycles. The Morgan fingerprint density at radius 2 is 1.89 bits per heavy atom. The maximum Gasteiger partial charge on any atom is 0.391 e. The van der Waals surface area contributed by atoms with Gasteiger partial charge in [-0.1, -0.05) is 0 Å². The number of alkyl halides is 3. The van der Waals surface area contributed by atoms with Crippen LogP contribution < -0.4 is 0 Å². The van der Waals surface area contributed by atoms with Crippen LogP contribution in [0, 0.1) is 11.8 Å². The van der Waals surface area contributed by atoms with Crippen LogP contribution in [0.4, 0.5) is 13.2 Å². The van der Waals surface area contributed by atoms with Gasteiger partial charge in [0.15, 0.2) is 0 Å². The van der Waals surface area contributed by atoms with Crippen molar-refractivity contribution in [2.45, 2.75) is 35.9 Å². The number of hydrogen-bond acceptors (Lipinski definition) is 4. The predicted molar refractivity (Wildman–Crippen MR) is 71.2 cm³/mol. The molecule has 110 valence electrons. The van der Waals surface area contributed by atoms with E-state index in [2.05, 4.69) is 4.74 Å². The van der Waals surface area contributed by atoms with Gasteiger partial charge < -0.3 is 4.74 Å². The second-order valence-electron chi connectivity index (χ2n) is 5.06. The van der Waals surface area contributed by atoms with E-state index in [4.69, 9.17) is 0 Å². The van der Waals surface area contributed by atoms with E-state index >= 15 is 0 Å². The minimum absolute atomic E-state index is 0.124. The van der Waals surface area contributed by atoms with Crippen molar-refractivity contribution in [2.75, 3.05) is 18.6 Å². The van der Waals surface area contributed by atoms with Gasteiger partial charge in [0.2, 0.25) is 0 Å². The average Bonchev–Trinajstić information content (AvgIpc) is 2.37. The molecule has 0 bridgehead atoms. The Balaban J connectivity index is 2.18. The molecule has 0 radical (unpaired) electrons. The van der Waals surface area contributed by atoms with Gasteiger partial charge >= 0.3 is 12.1 Å². The number of esters is 1. The number of hydrogen-bond donors (Lipinski definition) is 0. The summed E-state index contributed by atoms with van der Waals surface area (Å²) in [6.45, 7) is 0. The molecule has 1 spiro atoms. The van der Waals surface area contributed by atoms with Gasteiger partial charge in [-0.25, -0.2) is 0 Å². The van der Waals surface area contributed by atoms with Crippen molar-refractivity contribution in [3.63, 3.8) is 0 Å². The smallest absolute Gasteiger partial charge is 0.391 e. The van der Waals surface area contributed by atoms with Crippen LogP contribution >= 0.6 is 23.5 Å². The number of halogens is 3. The van der Waals surface area contributed by atoms with Gasteiger partial charge in [0.05, 0.1) is 23.0 Å². The third kappa shape index (κ3) is 3.54. The summed E-state index contributed by atoms with van der Waals surface area (Å²) in [5, 5.41) is 0. The number of methoxy groups -OCH3 is 1. The SMILES string of the molecule is COC(=O)C1CC(C(F)(F)F)CC2(C1)SCCCS2. The summed E-state index contributed by atoms with van der Waals surface area (Å²) in [6.07, 6.45) is -2.70. The van der Waals surface area contributed by atoms with Crippen molar-refractivity contribution in [1.29, 1.82) is 0 Å². The van der Waals surface area contributed by atoms with Crippen LogP contribution in [0.5, 0.6) is 0 Å². The van der Waals surface area contributed by atoms with E-state index in [0.29, 0.717) is 6.42 Å². The first-order valence-electron chi connectivity index (χ1n) is 6.29. The lowest BCUT2D eigenvalue weighted by Crippen LogP contribution is -2.43. The van der Waals surface area contributed by atoms with Gasteiger partial charge in [0, 0.05) is 0 Å². The first-order valence-corrected chi connectivity index (χ1v) is 8.26. The first kappa shape index (κ1) is 15.4. The summed E-state index contributed by atoms with van der Waals surface area (Å²) in [4.78, 5) is 11.7. The Kier molecular flexibility index (Phi) is 4.65. The summed E-state index contributed by atoms with van der Waals surface area (Å²) in [5.41, 5.74) is 0. The largest absolute Gasteiger partial charge is 0.469 e. The number of rotatable bonds is 1. The molecule has 0 aromatic heterocycles. The third-order valence-corrected chi connectivity index (χ3v) is 7.11. The third-order valence-electron chi connectivity index (χ3n) is 3.70. The molecule has 0 amide bonds. The van der Waals surface area contributed by atoms with E-state index in [1.165, 1.54) is 7.11 Å². The van der Waals surface area contributed by atoms with Crippen molar-refractivity contribution in [3.05, 3.63) is 0 Å². The quantitative estimate of drug-likeness (QED) is 0.689. The maximum absolute atomic E-state index is 13.0. The zero-order valence-corrected chi connectivity index (χ0v) is 12.3. The van der Waals surface area contributed by atoms with Gasteiger partial charge in [-0.15, -0.1) is 23.5 Å². The second-order valence-corrected chi connectivity index (χ2v) is 8.28. The van der Waals surface area contributed by atoms with E-state index in [1.807, 2.05) is 0 Å². The monoisotopic (exact) mass is 314 g/mol. The van der Waals surface area contributed by atoms with Crippen LogP contribution in [0.25, 0.3) is 0 Å². The standard InChI is InChI=1S/C12H17F3O2S2/c1-17-10(16)8-5-9(12(13,14)15)7-11(6-8)18-3-2-4-19-11/h8-9H,2-7H2,1H3. The molecule has 19 heavy (non-hydrogen) atoms. The topological polar surface area (TPSA) is 26.3 Å². The Hall–Kier alpha value is -0.0400. The Bertz CT molecular complexity index is 340. The average molecular weight is 314 g/mol. The molecule has 7 heteroatoms. The number of carbonyl (C=O) groups is 1. The molecule has 1 heterocycles. The number of ether oxygens (including phenoxy) is 1. The predicted octanol–water partition coefficient (Wildman–Crippen LogP) is 3.70. The van der Waals surface area contributed by atoms with Crippen LogP contribution in [0.15, 0.2) is 0 Å².